The Hall–Kier alpha value is -2.88. The number of hydrogen-bond donors (Lipinski definition) is 3. The van der Waals surface area contributed by atoms with Crippen molar-refractivity contribution in [2.75, 3.05) is 6.54 Å². The molecule has 0 bridgehead atoms. The predicted octanol–water partition coefficient (Wildman–Crippen LogP) is 1.49. The summed E-state index contributed by atoms with van der Waals surface area (Å²) in [4.78, 5) is 31.9. The van der Waals surface area contributed by atoms with Crippen LogP contribution in [0.15, 0.2) is 24.4 Å². The summed E-state index contributed by atoms with van der Waals surface area (Å²) in [6.45, 7) is -0.0102. The fourth-order valence-corrected chi connectivity index (χ4v) is 3.20. The van der Waals surface area contributed by atoms with Gasteiger partial charge in [0.1, 0.15) is 17.9 Å². The van der Waals surface area contributed by atoms with Gasteiger partial charge in [-0.15, -0.1) is 0 Å². The lowest BCUT2D eigenvalue weighted by Gasteiger charge is -2.30. The normalized spacial score (nSPS) is 20.3. The van der Waals surface area contributed by atoms with Crippen LogP contribution >= 0.6 is 0 Å². The van der Waals surface area contributed by atoms with Gasteiger partial charge in [0.15, 0.2) is 0 Å². The van der Waals surface area contributed by atoms with Crippen LogP contribution in [0, 0.1) is 17.2 Å². The van der Waals surface area contributed by atoms with Gasteiger partial charge in [-0.25, -0.2) is 4.98 Å². The lowest BCUT2D eigenvalue weighted by Crippen LogP contribution is -2.48. The summed E-state index contributed by atoms with van der Waals surface area (Å²) in [5.74, 6) is -0.698. The number of carbonyl (C=O) groups is 2. The van der Waals surface area contributed by atoms with Crippen molar-refractivity contribution in [3.63, 3.8) is 0 Å². The third kappa shape index (κ3) is 3.38. The second-order valence-electron chi connectivity index (χ2n) is 5.97. The minimum Gasteiger partial charge on any atom is -0.347 e. The number of fused-ring (bicyclic) bond motifs is 1. The zero-order valence-electron chi connectivity index (χ0n) is 13.2. The molecule has 0 aliphatic heterocycles. The van der Waals surface area contributed by atoms with Crippen LogP contribution in [0.25, 0.3) is 11.0 Å². The van der Waals surface area contributed by atoms with Crippen molar-refractivity contribution in [1.82, 2.24) is 20.6 Å². The lowest BCUT2D eigenvalue weighted by molar-refractivity contribution is -0.126. The number of amides is 2. The Balaban J connectivity index is 1.71. The average molecular weight is 325 g/mol. The van der Waals surface area contributed by atoms with Crippen molar-refractivity contribution < 1.29 is 9.59 Å². The highest BCUT2D eigenvalue weighted by Gasteiger charge is 2.32. The van der Waals surface area contributed by atoms with E-state index in [0.717, 1.165) is 31.1 Å². The van der Waals surface area contributed by atoms with Crippen LogP contribution in [0.4, 0.5) is 0 Å². The molecule has 2 heterocycles. The molecule has 3 N–H and O–H groups in total. The number of nitriles is 1. The number of aromatic amines is 1. The van der Waals surface area contributed by atoms with Crippen molar-refractivity contribution in [3.8, 4) is 6.07 Å². The van der Waals surface area contributed by atoms with Crippen LogP contribution in [0.5, 0.6) is 0 Å². The molecule has 24 heavy (non-hydrogen) atoms. The van der Waals surface area contributed by atoms with Gasteiger partial charge in [0.25, 0.3) is 5.91 Å². The largest absolute Gasteiger partial charge is 0.347 e. The van der Waals surface area contributed by atoms with Crippen LogP contribution in [-0.4, -0.2) is 34.4 Å². The number of H-pyrrole nitrogens is 1. The number of nitrogens with one attached hydrogen (secondary N) is 3. The molecule has 0 saturated heterocycles. The van der Waals surface area contributed by atoms with E-state index in [2.05, 4.69) is 20.6 Å². The molecular weight excluding hydrogens is 306 g/mol. The van der Waals surface area contributed by atoms with Crippen molar-refractivity contribution in [2.45, 2.75) is 31.7 Å². The second-order valence-corrected chi connectivity index (χ2v) is 5.97. The molecular formula is C17H19N5O2. The fraction of sp³-hybridized carbons (Fsp3) is 0.412. The van der Waals surface area contributed by atoms with E-state index in [9.17, 15) is 9.59 Å². The third-order valence-corrected chi connectivity index (χ3v) is 4.40. The number of nitrogens with zero attached hydrogens (tertiary/aromatic N) is 2. The molecule has 0 radical (unpaired) electrons. The maximum Gasteiger partial charge on any atom is 0.268 e. The third-order valence-electron chi connectivity index (χ3n) is 4.40. The minimum atomic E-state index is -0.293. The van der Waals surface area contributed by atoms with E-state index >= 15 is 0 Å². The Morgan fingerprint density at radius 2 is 2.21 bits per heavy atom. The Bertz CT molecular complexity index is 759. The number of aromatic nitrogens is 2. The lowest BCUT2D eigenvalue weighted by atomic mass is 9.83. The van der Waals surface area contributed by atoms with E-state index in [1.54, 1.807) is 12.3 Å². The van der Waals surface area contributed by atoms with Crippen molar-refractivity contribution >= 4 is 22.8 Å². The molecule has 7 heteroatoms. The number of carbonyl (C=O) groups excluding carboxylic acids is 2. The first-order valence-electron chi connectivity index (χ1n) is 8.08. The van der Waals surface area contributed by atoms with Gasteiger partial charge in [-0.3, -0.25) is 9.59 Å². The van der Waals surface area contributed by atoms with Gasteiger partial charge in [-0.2, -0.15) is 5.26 Å². The van der Waals surface area contributed by atoms with E-state index in [0.29, 0.717) is 11.3 Å². The first-order valence-corrected chi connectivity index (χ1v) is 8.08. The van der Waals surface area contributed by atoms with Crippen molar-refractivity contribution in [1.29, 1.82) is 5.26 Å². The molecule has 1 saturated carbocycles. The van der Waals surface area contributed by atoms with Gasteiger partial charge >= 0.3 is 0 Å². The SMILES string of the molecule is N#CCNC(=O)[C@@H]1CCCC[C@@H]1NC(=O)c1cc2cccnc2[nH]1. The molecule has 7 nitrogen and oxygen atoms in total. The summed E-state index contributed by atoms with van der Waals surface area (Å²) in [5.41, 5.74) is 1.10. The molecule has 0 spiro atoms. The molecule has 1 aliphatic rings. The highest BCUT2D eigenvalue weighted by Crippen LogP contribution is 2.25. The molecule has 0 unspecified atom stereocenters. The quantitative estimate of drug-likeness (QED) is 0.740. The Morgan fingerprint density at radius 3 is 3.00 bits per heavy atom. The molecule has 2 aromatic heterocycles. The van der Waals surface area contributed by atoms with Crippen LogP contribution in [0.1, 0.15) is 36.2 Å². The van der Waals surface area contributed by atoms with Crippen LogP contribution in [0.3, 0.4) is 0 Å². The van der Waals surface area contributed by atoms with E-state index < -0.39 is 0 Å². The first-order chi connectivity index (χ1) is 11.7. The predicted molar refractivity (Wildman–Crippen MR) is 87.9 cm³/mol. The Morgan fingerprint density at radius 1 is 1.38 bits per heavy atom. The summed E-state index contributed by atoms with van der Waals surface area (Å²) in [7, 11) is 0. The van der Waals surface area contributed by atoms with Crippen LogP contribution in [0.2, 0.25) is 0 Å². The van der Waals surface area contributed by atoms with Gasteiger partial charge in [0.05, 0.1) is 12.0 Å². The van der Waals surface area contributed by atoms with E-state index in [-0.39, 0.29) is 30.3 Å². The van der Waals surface area contributed by atoms with E-state index in [1.165, 1.54) is 0 Å². The molecule has 1 aliphatic carbocycles. The zero-order valence-corrected chi connectivity index (χ0v) is 13.2. The van der Waals surface area contributed by atoms with Crippen molar-refractivity contribution in [2.24, 2.45) is 5.92 Å². The maximum atomic E-state index is 12.5. The standard InChI is InChI=1S/C17H19N5O2/c18-7-9-20-16(23)12-5-1-2-6-13(12)22-17(24)14-10-11-4-3-8-19-15(11)21-14/h3-4,8,10,12-13H,1-2,5-6,9H2,(H,19,21)(H,20,23)(H,22,24)/t12-,13+/m1/s1. The number of hydrogen-bond acceptors (Lipinski definition) is 4. The Labute approximate surface area is 139 Å². The topological polar surface area (TPSA) is 111 Å². The smallest absolute Gasteiger partial charge is 0.268 e. The highest BCUT2D eigenvalue weighted by atomic mass is 16.2. The summed E-state index contributed by atoms with van der Waals surface area (Å²) in [5, 5.41) is 15.0. The Kier molecular flexibility index (Phi) is 4.75. The fourth-order valence-electron chi connectivity index (χ4n) is 3.20. The molecule has 2 amide bonds. The average Bonchev–Trinajstić information content (AvgIpc) is 3.04. The molecule has 1 fully saturated rings. The molecule has 3 rings (SSSR count). The molecule has 2 atom stereocenters. The molecule has 2 aromatic rings. The minimum absolute atomic E-state index is 0.0102. The van der Waals surface area contributed by atoms with E-state index in [4.69, 9.17) is 5.26 Å². The van der Waals surface area contributed by atoms with Gasteiger partial charge in [-0.05, 0) is 31.0 Å². The van der Waals surface area contributed by atoms with Gasteiger partial charge in [0, 0.05) is 17.6 Å². The molecule has 124 valence electrons. The van der Waals surface area contributed by atoms with E-state index in [1.807, 2.05) is 18.2 Å². The molecule has 0 aromatic carbocycles. The van der Waals surface area contributed by atoms with Crippen molar-refractivity contribution in [3.05, 3.63) is 30.1 Å². The van der Waals surface area contributed by atoms with Gasteiger partial charge in [-0.1, -0.05) is 12.8 Å². The number of rotatable bonds is 4. The zero-order chi connectivity index (χ0) is 16.9. The maximum absolute atomic E-state index is 12.5. The summed E-state index contributed by atoms with van der Waals surface area (Å²) in [6, 6.07) is 7.14. The first kappa shape index (κ1) is 16.0. The second kappa shape index (κ2) is 7.13. The highest BCUT2D eigenvalue weighted by molar-refractivity contribution is 5.97. The van der Waals surface area contributed by atoms with Gasteiger partial charge in [0.2, 0.25) is 5.91 Å². The number of pyridine rings is 1. The summed E-state index contributed by atoms with van der Waals surface area (Å²) >= 11 is 0. The monoisotopic (exact) mass is 325 g/mol. The van der Waals surface area contributed by atoms with Crippen LogP contribution < -0.4 is 10.6 Å². The summed E-state index contributed by atoms with van der Waals surface area (Å²) < 4.78 is 0. The summed E-state index contributed by atoms with van der Waals surface area (Å²) in [6.07, 6.45) is 5.07. The van der Waals surface area contributed by atoms with Crippen LogP contribution in [-0.2, 0) is 4.79 Å². The van der Waals surface area contributed by atoms with Gasteiger partial charge < -0.3 is 15.6 Å².